The summed E-state index contributed by atoms with van der Waals surface area (Å²) in [5.74, 6) is 0.601. The van der Waals surface area contributed by atoms with E-state index in [1.54, 1.807) is 0 Å². The summed E-state index contributed by atoms with van der Waals surface area (Å²) >= 11 is 0. The van der Waals surface area contributed by atoms with Crippen molar-refractivity contribution in [3.8, 4) is 0 Å². The van der Waals surface area contributed by atoms with Crippen molar-refractivity contribution in [1.29, 1.82) is 0 Å². The molecule has 0 aromatic rings. The van der Waals surface area contributed by atoms with Gasteiger partial charge in [0.15, 0.2) is 0 Å². The van der Waals surface area contributed by atoms with Crippen molar-refractivity contribution in [2.45, 2.75) is 77.3 Å². The Labute approximate surface area is 122 Å². The van der Waals surface area contributed by atoms with Gasteiger partial charge in [0, 0.05) is 38.0 Å². The molecule has 0 spiro atoms. The zero-order valence-corrected chi connectivity index (χ0v) is 12.9. The van der Waals surface area contributed by atoms with Gasteiger partial charge >= 0.3 is 0 Å². The molecule has 2 aliphatic heterocycles. The molecule has 2 heterocycles. The summed E-state index contributed by atoms with van der Waals surface area (Å²) in [5.41, 5.74) is 0. The van der Waals surface area contributed by atoms with Crippen LogP contribution in [0.2, 0.25) is 0 Å². The molecule has 0 N–H and O–H groups in total. The minimum absolute atomic E-state index is 0.256. The van der Waals surface area contributed by atoms with Crippen LogP contribution in [0.15, 0.2) is 0 Å². The van der Waals surface area contributed by atoms with Crippen molar-refractivity contribution >= 4 is 11.8 Å². The van der Waals surface area contributed by atoms with Crippen molar-refractivity contribution in [2.75, 3.05) is 13.1 Å². The summed E-state index contributed by atoms with van der Waals surface area (Å²) in [4.78, 5) is 28.1. The molecule has 2 amide bonds. The number of rotatable bonds is 5. The Morgan fingerprint density at radius 2 is 1.60 bits per heavy atom. The fraction of sp³-hybridized carbons (Fsp3) is 0.875. The summed E-state index contributed by atoms with van der Waals surface area (Å²) in [6.07, 6.45) is 7.62. The highest BCUT2D eigenvalue weighted by Gasteiger charge is 2.30. The molecular formula is C16H28N2O2. The van der Waals surface area contributed by atoms with E-state index in [4.69, 9.17) is 0 Å². The van der Waals surface area contributed by atoms with Crippen molar-refractivity contribution in [3.63, 3.8) is 0 Å². The van der Waals surface area contributed by atoms with Gasteiger partial charge in [0.1, 0.15) is 0 Å². The lowest BCUT2D eigenvalue weighted by Crippen LogP contribution is -2.44. The second-order valence-electron chi connectivity index (χ2n) is 6.24. The Hall–Kier alpha value is -1.06. The van der Waals surface area contributed by atoms with E-state index in [0.29, 0.717) is 24.8 Å². The zero-order chi connectivity index (χ0) is 14.5. The van der Waals surface area contributed by atoms with Crippen LogP contribution >= 0.6 is 0 Å². The first-order valence-corrected chi connectivity index (χ1v) is 8.22. The molecule has 4 nitrogen and oxygen atoms in total. The first-order chi connectivity index (χ1) is 9.63. The molecule has 0 bridgehead atoms. The van der Waals surface area contributed by atoms with Gasteiger partial charge in [-0.2, -0.15) is 0 Å². The molecule has 2 saturated heterocycles. The number of hydrogen-bond acceptors (Lipinski definition) is 2. The van der Waals surface area contributed by atoms with E-state index in [1.807, 2.05) is 4.90 Å². The van der Waals surface area contributed by atoms with Crippen LogP contribution in [0.25, 0.3) is 0 Å². The minimum Gasteiger partial charge on any atom is -0.340 e. The molecule has 0 aromatic heterocycles. The van der Waals surface area contributed by atoms with Gasteiger partial charge in [0.2, 0.25) is 11.8 Å². The van der Waals surface area contributed by atoms with Gasteiger partial charge in [-0.3, -0.25) is 9.59 Å². The number of amides is 2. The maximum atomic E-state index is 12.2. The Bertz CT molecular complexity index is 356. The number of nitrogens with zero attached hydrogens (tertiary/aromatic N) is 2. The van der Waals surface area contributed by atoms with E-state index < -0.39 is 0 Å². The highest BCUT2D eigenvalue weighted by molar-refractivity contribution is 5.78. The average Bonchev–Trinajstić information content (AvgIpc) is 2.75. The van der Waals surface area contributed by atoms with Crippen molar-refractivity contribution < 1.29 is 9.59 Å². The molecular weight excluding hydrogens is 252 g/mol. The lowest BCUT2D eigenvalue weighted by molar-refractivity contribution is -0.133. The average molecular weight is 280 g/mol. The van der Waals surface area contributed by atoms with Crippen LogP contribution in [0.4, 0.5) is 0 Å². The number of carbonyl (C=O) groups is 2. The summed E-state index contributed by atoms with van der Waals surface area (Å²) in [7, 11) is 0. The Morgan fingerprint density at radius 1 is 0.950 bits per heavy atom. The van der Waals surface area contributed by atoms with Crippen LogP contribution < -0.4 is 0 Å². The molecule has 114 valence electrons. The second kappa shape index (κ2) is 7.09. The number of likely N-dealkylation sites (tertiary alicyclic amines) is 2. The van der Waals surface area contributed by atoms with Crippen molar-refractivity contribution in [3.05, 3.63) is 0 Å². The number of hydrogen-bond donors (Lipinski definition) is 0. The maximum absolute atomic E-state index is 12.2. The first kappa shape index (κ1) is 15.3. The Kier molecular flexibility index (Phi) is 5.44. The fourth-order valence-electron chi connectivity index (χ4n) is 3.56. The summed E-state index contributed by atoms with van der Waals surface area (Å²) in [5, 5.41) is 0. The van der Waals surface area contributed by atoms with Gasteiger partial charge in [-0.05, 0) is 39.0 Å². The SMILES string of the molecule is CCC(CC(C)N1CCCC1=O)N1CCCCCC1=O. The van der Waals surface area contributed by atoms with Crippen LogP contribution in [0.1, 0.15) is 65.2 Å². The summed E-state index contributed by atoms with van der Waals surface area (Å²) in [6.45, 7) is 6.08. The van der Waals surface area contributed by atoms with E-state index in [1.165, 1.54) is 6.42 Å². The molecule has 0 aliphatic carbocycles. The van der Waals surface area contributed by atoms with Gasteiger partial charge in [-0.25, -0.2) is 0 Å². The first-order valence-electron chi connectivity index (χ1n) is 8.22. The highest BCUT2D eigenvalue weighted by Crippen LogP contribution is 2.22. The van der Waals surface area contributed by atoms with E-state index in [-0.39, 0.29) is 11.9 Å². The lowest BCUT2D eigenvalue weighted by Gasteiger charge is -2.34. The lowest BCUT2D eigenvalue weighted by atomic mass is 10.0. The van der Waals surface area contributed by atoms with Gasteiger partial charge in [0.05, 0.1) is 0 Å². The van der Waals surface area contributed by atoms with E-state index in [0.717, 1.165) is 45.2 Å². The van der Waals surface area contributed by atoms with Crippen molar-refractivity contribution in [1.82, 2.24) is 9.80 Å². The monoisotopic (exact) mass is 280 g/mol. The maximum Gasteiger partial charge on any atom is 0.222 e. The Morgan fingerprint density at radius 3 is 2.25 bits per heavy atom. The van der Waals surface area contributed by atoms with Crippen LogP contribution in [-0.4, -0.2) is 46.8 Å². The van der Waals surface area contributed by atoms with Gasteiger partial charge in [0.25, 0.3) is 0 Å². The summed E-state index contributed by atoms with van der Waals surface area (Å²) in [6, 6.07) is 0.551. The largest absolute Gasteiger partial charge is 0.340 e. The molecule has 4 heteroatoms. The standard InChI is InChI=1S/C16H28N2O2/c1-3-14(18-10-6-4-5-8-16(18)20)12-13(2)17-11-7-9-15(17)19/h13-14H,3-12H2,1-2H3. The third-order valence-electron chi connectivity index (χ3n) is 4.78. The van der Waals surface area contributed by atoms with Gasteiger partial charge < -0.3 is 9.80 Å². The van der Waals surface area contributed by atoms with Crippen LogP contribution in [-0.2, 0) is 9.59 Å². The predicted octanol–water partition coefficient (Wildman–Crippen LogP) is 2.57. The van der Waals surface area contributed by atoms with Crippen LogP contribution in [0.3, 0.4) is 0 Å². The number of carbonyl (C=O) groups excluding carboxylic acids is 2. The highest BCUT2D eigenvalue weighted by atomic mass is 16.2. The summed E-state index contributed by atoms with van der Waals surface area (Å²) < 4.78 is 0. The second-order valence-corrected chi connectivity index (χ2v) is 6.24. The van der Waals surface area contributed by atoms with E-state index >= 15 is 0 Å². The molecule has 2 rings (SSSR count). The molecule has 0 saturated carbocycles. The normalized spacial score (nSPS) is 23.9. The van der Waals surface area contributed by atoms with Crippen LogP contribution in [0.5, 0.6) is 0 Å². The molecule has 2 aliphatic rings. The smallest absolute Gasteiger partial charge is 0.222 e. The van der Waals surface area contributed by atoms with Crippen LogP contribution in [0, 0.1) is 0 Å². The molecule has 2 unspecified atom stereocenters. The molecule has 0 aromatic carbocycles. The fourth-order valence-corrected chi connectivity index (χ4v) is 3.56. The third kappa shape index (κ3) is 3.53. The van der Waals surface area contributed by atoms with E-state index in [2.05, 4.69) is 18.7 Å². The molecule has 0 radical (unpaired) electrons. The molecule has 2 fully saturated rings. The third-order valence-corrected chi connectivity index (χ3v) is 4.78. The van der Waals surface area contributed by atoms with Gasteiger partial charge in [-0.15, -0.1) is 0 Å². The minimum atomic E-state index is 0.256. The van der Waals surface area contributed by atoms with Crippen molar-refractivity contribution in [2.24, 2.45) is 0 Å². The molecule has 2 atom stereocenters. The Balaban J connectivity index is 1.96. The van der Waals surface area contributed by atoms with E-state index in [9.17, 15) is 9.59 Å². The quantitative estimate of drug-likeness (QED) is 0.776. The zero-order valence-electron chi connectivity index (χ0n) is 12.9. The predicted molar refractivity (Wildman–Crippen MR) is 79.3 cm³/mol. The van der Waals surface area contributed by atoms with Gasteiger partial charge in [-0.1, -0.05) is 13.3 Å². The topological polar surface area (TPSA) is 40.6 Å². The molecule has 20 heavy (non-hydrogen) atoms.